The van der Waals surface area contributed by atoms with Crippen molar-refractivity contribution in [3.63, 3.8) is 0 Å². The van der Waals surface area contributed by atoms with E-state index in [-0.39, 0.29) is 22.1 Å². The first-order valence-corrected chi connectivity index (χ1v) is 6.76. The monoisotopic (exact) mass is 324 g/mol. The third-order valence-electron chi connectivity index (χ3n) is 2.46. The summed E-state index contributed by atoms with van der Waals surface area (Å²) in [5.41, 5.74) is 5.35. The maximum atomic E-state index is 11.1. The van der Waals surface area contributed by atoms with Gasteiger partial charge in [0.25, 0.3) is 0 Å². The van der Waals surface area contributed by atoms with E-state index in [1.54, 1.807) is 24.3 Å². The Kier molecular flexibility index (Phi) is 4.61. The molecule has 2 aromatic rings. The first-order chi connectivity index (χ1) is 10.0. The zero-order chi connectivity index (χ0) is 15.4. The van der Waals surface area contributed by atoms with Crippen molar-refractivity contribution in [3.8, 4) is 0 Å². The van der Waals surface area contributed by atoms with Crippen LogP contribution in [0.2, 0.25) is 5.02 Å². The molecule has 1 aromatic heterocycles. The van der Waals surface area contributed by atoms with E-state index in [1.807, 2.05) is 0 Å². The van der Waals surface area contributed by atoms with Gasteiger partial charge in [0.2, 0.25) is 0 Å². The molecule has 0 amide bonds. The molecule has 21 heavy (non-hydrogen) atoms. The fraction of sp³-hybridized carbons (Fsp3) is 0. The molecule has 0 spiro atoms. The lowest BCUT2D eigenvalue weighted by molar-refractivity contribution is -0.388. The Labute approximate surface area is 128 Å². The summed E-state index contributed by atoms with van der Waals surface area (Å²) in [5.74, 6) is -0.242. The Morgan fingerprint density at radius 2 is 2.10 bits per heavy atom. The Bertz CT molecular complexity index is 706. The van der Waals surface area contributed by atoms with Crippen molar-refractivity contribution in [2.24, 2.45) is 10.9 Å². The largest absolute Gasteiger partial charge is 0.409 e. The number of halogens is 1. The third kappa shape index (κ3) is 3.61. The van der Waals surface area contributed by atoms with Crippen LogP contribution < -0.4 is 5.73 Å². The second kappa shape index (κ2) is 6.42. The van der Waals surface area contributed by atoms with E-state index in [9.17, 15) is 10.1 Å². The van der Waals surface area contributed by atoms with Crippen molar-refractivity contribution in [1.29, 1.82) is 0 Å². The lowest BCUT2D eigenvalue weighted by Gasteiger charge is -2.04. The summed E-state index contributed by atoms with van der Waals surface area (Å²) in [6, 6.07) is 8.03. The van der Waals surface area contributed by atoms with Crippen LogP contribution in [0.5, 0.6) is 0 Å². The summed E-state index contributed by atoms with van der Waals surface area (Å²) in [6.45, 7) is 0. The molecule has 3 N–H and O–H groups in total. The first kappa shape index (κ1) is 15.1. The first-order valence-electron chi connectivity index (χ1n) is 5.57. The molecule has 0 aliphatic rings. The highest BCUT2D eigenvalue weighted by atomic mass is 35.5. The summed E-state index contributed by atoms with van der Waals surface area (Å²) in [7, 11) is 0. The predicted molar refractivity (Wildman–Crippen MR) is 79.0 cm³/mol. The van der Waals surface area contributed by atoms with Gasteiger partial charge >= 0.3 is 5.69 Å². The zero-order valence-corrected chi connectivity index (χ0v) is 12.0. The molecule has 108 valence electrons. The van der Waals surface area contributed by atoms with E-state index in [4.69, 9.17) is 22.5 Å². The van der Waals surface area contributed by atoms with Crippen molar-refractivity contribution >= 4 is 34.9 Å². The van der Waals surface area contributed by atoms with Gasteiger partial charge in [-0.15, -0.1) is 0 Å². The van der Waals surface area contributed by atoms with Gasteiger partial charge < -0.3 is 10.9 Å². The summed E-state index contributed by atoms with van der Waals surface area (Å²) in [4.78, 5) is 15.3. The van der Waals surface area contributed by atoms with Crippen LogP contribution in [0.1, 0.15) is 5.56 Å². The number of nitrogens with two attached hydrogens (primary N) is 1. The molecule has 9 heteroatoms. The van der Waals surface area contributed by atoms with Crippen LogP contribution in [0.25, 0.3) is 0 Å². The number of aromatic nitrogens is 1. The van der Waals surface area contributed by atoms with Crippen LogP contribution in [0, 0.1) is 10.1 Å². The maximum absolute atomic E-state index is 11.1. The fourth-order valence-corrected chi connectivity index (χ4v) is 2.43. The lowest BCUT2D eigenvalue weighted by atomic mass is 10.2. The van der Waals surface area contributed by atoms with Crippen LogP contribution in [-0.2, 0) is 0 Å². The van der Waals surface area contributed by atoms with Gasteiger partial charge in [-0.05, 0) is 24.3 Å². The number of hydrogen-bond acceptors (Lipinski definition) is 6. The van der Waals surface area contributed by atoms with Gasteiger partial charge in [-0.1, -0.05) is 28.5 Å². The zero-order valence-electron chi connectivity index (χ0n) is 10.4. The molecule has 7 nitrogen and oxygen atoms in total. The van der Waals surface area contributed by atoms with Crippen molar-refractivity contribution < 1.29 is 10.1 Å². The number of pyridine rings is 1. The second-order valence-corrected chi connectivity index (χ2v) is 5.35. The van der Waals surface area contributed by atoms with Gasteiger partial charge in [-0.3, -0.25) is 10.1 Å². The van der Waals surface area contributed by atoms with Crippen molar-refractivity contribution in [1.82, 2.24) is 4.98 Å². The molecular weight excluding hydrogens is 316 g/mol. The van der Waals surface area contributed by atoms with E-state index < -0.39 is 4.92 Å². The van der Waals surface area contributed by atoms with Gasteiger partial charge in [0.1, 0.15) is 0 Å². The van der Waals surface area contributed by atoms with Crippen LogP contribution in [-0.4, -0.2) is 21.0 Å². The molecule has 0 saturated heterocycles. The predicted octanol–water partition coefficient (Wildman–Crippen LogP) is 2.89. The number of nitrogens with zero attached hydrogens (tertiary/aromatic N) is 3. The molecule has 0 aliphatic carbocycles. The number of rotatable bonds is 4. The molecule has 1 aromatic carbocycles. The van der Waals surface area contributed by atoms with E-state index in [0.29, 0.717) is 5.02 Å². The molecule has 0 atom stereocenters. The van der Waals surface area contributed by atoms with Crippen molar-refractivity contribution in [2.45, 2.75) is 9.92 Å². The molecule has 0 radical (unpaired) electrons. The van der Waals surface area contributed by atoms with E-state index >= 15 is 0 Å². The fourth-order valence-electron chi connectivity index (χ4n) is 1.46. The normalized spacial score (nSPS) is 11.4. The van der Waals surface area contributed by atoms with Crippen molar-refractivity contribution in [2.75, 3.05) is 0 Å². The van der Waals surface area contributed by atoms with E-state index in [2.05, 4.69) is 10.1 Å². The third-order valence-corrected chi connectivity index (χ3v) is 3.73. The number of hydrogen-bond donors (Lipinski definition) is 2. The Morgan fingerprint density at radius 1 is 1.43 bits per heavy atom. The molecule has 0 bridgehead atoms. The van der Waals surface area contributed by atoms with Crippen molar-refractivity contribution in [3.05, 3.63) is 57.2 Å². The average Bonchev–Trinajstić information content (AvgIpc) is 2.49. The van der Waals surface area contributed by atoms with Crippen LogP contribution in [0.15, 0.2) is 51.6 Å². The molecule has 0 fully saturated rings. The van der Waals surface area contributed by atoms with E-state index in [0.717, 1.165) is 16.7 Å². The summed E-state index contributed by atoms with van der Waals surface area (Å²) in [6.07, 6.45) is 1.31. The Morgan fingerprint density at radius 3 is 2.67 bits per heavy atom. The molecular formula is C12H9ClN4O3S. The quantitative estimate of drug-likeness (QED) is 0.294. The van der Waals surface area contributed by atoms with Gasteiger partial charge in [0.05, 0.1) is 4.92 Å². The van der Waals surface area contributed by atoms with Crippen LogP contribution >= 0.6 is 23.4 Å². The number of nitro groups is 1. The Hall–Kier alpha value is -2.32. The lowest BCUT2D eigenvalue weighted by Crippen LogP contribution is -2.14. The van der Waals surface area contributed by atoms with E-state index in [1.165, 1.54) is 12.3 Å². The smallest absolute Gasteiger partial charge is 0.302 e. The summed E-state index contributed by atoms with van der Waals surface area (Å²) >= 11 is 6.91. The number of benzene rings is 1. The standard InChI is InChI=1S/C12H9ClN4O3S/c13-8-1-3-9(4-2-8)21-12-10(17(19)20)5-7(6-15-12)11(14)16-18/h1-6,18H,(H2,14,16). The number of oxime groups is 1. The summed E-state index contributed by atoms with van der Waals surface area (Å²) < 4.78 is 0. The highest BCUT2D eigenvalue weighted by Gasteiger charge is 2.18. The van der Waals surface area contributed by atoms with Gasteiger partial charge in [0, 0.05) is 27.7 Å². The topological polar surface area (TPSA) is 115 Å². The maximum Gasteiger partial charge on any atom is 0.302 e. The highest BCUT2D eigenvalue weighted by Crippen LogP contribution is 2.33. The minimum Gasteiger partial charge on any atom is -0.409 e. The minimum absolute atomic E-state index is 0.171. The van der Waals surface area contributed by atoms with Gasteiger partial charge in [-0.25, -0.2) is 4.98 Å². The summed E-state index contributed by atoms with van der Waals surface area (Å²) in [5, 5.41) is 23.3. The minimum atomic E-state index is -0.570. The molecule has 2 rings (SSSR count). The SMILES string of the molecule is N/C(=N/O)c1cnc(Sc2ccc(Cl)cc2)c([N+](=O)[O-])c1. The Balaban J connectivity index is 2.39. The van der Waals surface area contributed by atoms with Crippen LogP contribution in [0.3, 0.4) is 0 Å². The number of amidine groups is 1. The second-order valence-electron chi connectivity index (χ2n) is 3.85. The average molecular weight is 325 g/mol. The molecule has 0 saturated carbocycles. The van der Waals surface area contributed by atoms with Gasteiger partial charge in [0.15, 0.2) is 10.9 Å². The molecule has 1 heterocycles. The van der Waals surface area contributed by atoms with Crippen LogP contribution in [0.4, 0.5) is 5.69 Å². The molecule has 0 aliphatic heterocycles. The molecule has 0 unspecified atom stereocenters. The van der Waals surface area contributed by atoms with Gasteiger partial charge in [-0.2, -0.15) is 0 Å². The highest BCUT2D eigenvalue weighted by molar-refractivity contribution is 7.99.